The van der Waals surface area contributed by atoms with Gasteiger partial charge in [-0.3, -0.25) is 4.79 Å². The van der Waals surface area contributed by atoms with Gasteiger partial charge in [0, 0.05) is 11.3 Å². The summed E-state index contributed by atoms with van der Waals surface area (Å²) in [4.78, 5) is 27.4. The second-order valence-corrected chi connectivity index (χ2v) is 6.82. The topological polar surface area (TPSA) is 94.3 Å². The third-order valence-electron chi connectivity index (χ3n) is 4.26. The maximum atomic E-state index is 13.1. The number of primary amides is 1. The molecule has 0 saturated heterocycles. The molecule has 1 aromatic heterocycles. The van der Waals surface area contributed by atoms with E-state index in [4.69, 9.17) is 22.1 Å². The number of carbonyl (C=O) groups excluding carboxylic acids is 2. The van der Waals surface area contributed by atoms with Crippen LogP contribution >= 0.6 is 11.6 Å². The summed E-state index contributed by atoms with van der Waals surface area (Å²) in [6, 6.07) is 12.7. The number of ether oxygens (including phenoxy) is 1. The van der Waals surface area contributed by atoms with Crippen molar-refractivity contribution in [3.05, 3.63) is 76.4 Å². The lowest BCUT2D eigenvalue weighted by Crippen LogP contribution is -2.16. The van der Waals surface area contributed by atoms with Crippen LogP contribution in [0, 0.1) is 6.92 Å². The van der Waals surface area contributed by atoms with Crippen LogP contribution < -0.4 is 15.8 Å². The molecule has 0 aliphatic heterocycles. The van der Waals surface area contributed by atoms with Crippen molar-refractivity contribution in [3.8, 4) is 17.0 Å². The number of hydrogen-bond donors (Lipinski definition) is 2. The fraction of sp³-hybridized carbons (Fsp3) is 0.0952. The first-order valence-electron chi connectivity index (χ1n) is 8.78. The highest BCUT2D eigenvalue weighted by atomic mass is 35.5. The van der Waals surface area contributed by atoms with E-state index in [0.717, 1.165) is 6.07 Å². The molecular weight excluding hydrogens is 435 g/mol. The number of aryl methyl sites for hydroxylation is 1. The summed E-state index contributed by atoms with van der Waals surface area (Å²) >= 11 is 6.13. The molecule has 10 heteroatoms. The minimum absolute atomic E-state index is 0.00627. The molecule has 2 amide bonds. The van der Waals surface area contributed by atoms with Crippen molar-refractivity contribution in [3.63, 3.8) is 0 Å². The molecule has 3 aromatic rings. The Morgan fingerprint density at radius 1 is 1.06 bits per heavy atom. The summed E-state index contributed by atoms with van der Waals surface area (Å²) in [5.41, 5.74) is 5.18. The van der Waals surface area contributed by atoms with E-state index in [1.54, 1.807) is 12.1 Å². The summed E-state index contributed by atoms with van der Waals surface area (Å²) in [5.74, 6) is -0.457. The Labute approximate surface area is 179 Å². The van der Waals surface area contributed by atoms with Crippen LogP contribution in [0.3, 0.4) is 0 Å². The first kappa shape index (κ1) is 22.1. The minimum atomic E-state index is -4.54. The smallest absolute Gasteiger partial charge is 0.411 e. The van der Waals surface area contributed by atoms with Crippen molar-refractivity contribution in [2.75, 3.05) is 5.32 Å². The van der Waals surface area contributed by atoms with Crippen molar-refractivity contribution in [1.29, 1.82) is 0 Å². The zero-order valence-electron chi connectivity index (χ0n) is 16.0. The van der Waals surface area contributed by atoms with E-state index < -0.39 is 23.7 Å². The Balaban J connectivity index is 1.80. The van der Waals surface area contributed by atoms with E-state index in [9.17, 15) is 22.8 Å². The molecule has 0 atom stereocenters. The number of amides is 2. The van der Waals surface area contributed by atoms with Crippen LogP contribution in [0.5, 0.6) is 5.75 Å². The number of nitrogens with one attached hydrogen (secondary N) is 1. The van der Waals surface area contributed by atoms with Crippen molar-refractivity contribution >= 4 is 29.3 Å². The zero-order valence-corrected chi connectivity index (χ0v) is 16.7. The van der Waals surface area contributed by atoms with Gasteiger partial charge in [0.1, 0.15) is 10.9 Å². The molecule has 3 N–H and O–H groups in total. The molecule has 31 heavy (non-hydrogen) atoms. The SMILES string of the molecule is Cc1ccc(NC(=O)c2ccc(-c3ccc(OC(N)=O)cc3)nc2Cl)cc1C(F)(F)F. The Morgan fingerprint density at radius 2 is 1.74 bits per heavy atom. The van der Waals surface area contributed by atoms with E-state index in [-0.39, 0.29) is 27.7 Å². The molecular formula is C21H15ClF3N3O3. The summed E-state index contributed by atoms with van der Waals surface area (Å²) in [5, 5.41) is 2.27. The van der Waals surface area contributed by atoms with Gasteiger partial charge in [0.05, 0.1) is 16.8 Å². The summed E-state index contributed by atoms with van der Waals surface area (Å²) in [7, 11) is 0. The number of nitrogens with two attached hydrogens (primary N) is 1. The third kappa shape index (κ3) is 5.32. The molecule has 0 aliphatic rings. The lowest BCUT2D eigenvalue weighted by atomic mass is 10.1. The Bertz CT molecular complexity index is 1150. The van der Waals surface area contributed by atoms with Crippen molar-refractivity contribution in [2.45, 2.75) is 13.1 Å². The summed E-state index contributed by atoms with van der Waals surface area (Å²) in [6.07, 6.45) is -5.48. The van der Waals surface area contributed by atoms with Gasteiger partial charge < -0.3 is 15.8 Å². The van der Waals surface area contributed by atoms with Crippen LogP contribution in [0.15, 0.2) is 54.6 Å². The van der Waals surface area contributed by atoms with Gasteiger partial charge in [-0.15, -0.1) is 0 Å². The normalized spacial score (nSPS) is 11.1. The minimum Gasteiger partial charge on any atom is -0.411 e. The maximum Gasteiger partial charge on any atom is 0.416 e. The van der Waals surface area contributed by atoms with Crippen molar-refractivity contribution in [1.82, 2.24) is 4.98 Å². The predicted molar refractivity (Wildman–Crippen MR) is 109 cm³/mol. The number of pyridine rings is 1. The van der Waals surface area contributed by atoms with Gasteiger partial charge in [-0.2, -0.15) is 13.2 Å². The lowest BCUT2D eigenvalue weighted by molar-refractivity contribution is -0.138. The zero-order chi connectivity index (χ0) is 22.8. The van der Waals surface area contributed by atoms with Crippen LogP contribution in [0.25, 0.3) is 11.3 Å². The standard InChI is InChI=1S/C21H15ClF3N3O3/c1-11-2-5-13(10-16(11)21(23,24)25)27-19(29)15-8-9-17(28-18(15)22)12-3-6-14(7-4-12)31-20(26)30/h2-10H,1H3,(H2,26,30)(H,27,29). The molecule has 6 nitrogen and oxygen atoms in total. The van der Waals surface area contributed by atoms with E-state index in [2.05, 4.69) is 10.3 Å². The number of carbonyl (C=O) groups is 2. The fourth-order valence-corrected chi connectivity index (χ4v) is 3.02. The van der Waals surface area contributed by atoms with Gasteiger partial charge in [-0.05, 0) is 61.0 Å². The highest BCUT2D eigenvalue weighted by molar-refractivity contribution is 6.33. The quantitative estimate of drug-likeness (QED) is 0.518. The van der Waals surface area contributed by atoms with Gasteiger partial charge >= 0.3 is 12.3 Å². The Hall–Kier alpha value is -3.59. The number of aromatic nitrogens is 1. The molecule has 160 valence electrons. The Kier molecular flexibility index (Phi) is 6.16. The van der Waals surface area contributed by atoms with Crippen molar-refractivity contribution in [2.24, 2.45) is 5.73 Å². The second-order valence-electron chi connectivity index (χ2n) is 6.46. The van der Waals surface area contributed by atoms with Crippen LogP contribution in [0.4, 0.5) is 23.7 Å². The largest absolute Gasteiger partial charge is 0.416 e. The maximum absolute atomic E-state index is 13.1. The number of rotatable bonds is 4. The Morgan fingerprint density at radius 3 is 2.32 bits per heavy atom. The lowest BCUT2D eigenvalue weighted by Gasteiger charge is -2.13. The first-order valence-corrected chi connectivity index (χ1v) is 9.16. The van der Waals surface area contributed by atoms with Crippen molar-refractivity contribution < 1.29 is 27.5 Å². The molecule has 0 aliphatic carbocycles. The highest BCUT2D eigenvalue weighted by Crippen LogP contribution is 2.33. The van der Waals surface area contributed by atoms with Gasteiger partial charge in [0.15, 0.2) is 0 Å². The number of nitrogens with zero attached hydrogens (tertiary/aromatic N) is 1. The molecule has 3 rings (SSSR count). The fourth-order valence-electron chi connectivity index (χ4n) is 2.78. The van der Waals surface area contributed by atoms with Gasteiger partial charge in [-0.1, -0.05) is 17.7 Å². The van der Waals surface area contributed by atoms with Crippen LogP contribution in [-0.2, 0) is 6.18 Å². The van der Waals surface area contributed by atoms with Crippen LogP contribution in [-0.4, -0.2) is 17.0 Å². The molecule has 1 heterocycles. The van der Waals surface area contributed by atoms with Crippen LogP contribution in [0.1, 0.15) is 21.5 Å². The average molecular weight is 450 g/mol. The number of benzene rings is 2. The predicted octanol–water partition coefficient (Wildman–Crippen LogP) is 5.44. The molecule has 2 aromatic carbocycles. The summed E-state index contributed by atoms with van der Waals surface area (Å²) in [6.45, 7) is 1.33. The van der Waals surface area contributed by atoms with Gasteiger partial charge in [0.25, 0.3) is 5.91 Å². The van der Waals surface area contributed by atoms with Crippen LogP contribution in [0.2, 0.25) is 5.15 Å². The molecule has 0 radical (unpaired) electrons. The van der Waals surface area contributed by atoms with E-state index in [1.165, 1.54) is 43.3 Å². The highest BCUT2D eigenvalue weighted by Gasteiger charge is 2.32. The molecule has 0 fully saturated rings. The van der Waals surface area contributed by atoms with E-state index in [0.29, 0.717) is 11.3 Å². The molecule has 0 saturated carbocycles. The molecule has 0 unspecified atom stereocenters. The second kappa shape index (κ2) is 8.65. The van der Waals surface area contributed by atoms with E-state index in [1.807, 2.05) is 0 Å². The van der Waals surface area contributed by atoms with E-state index >= 15 is 0 Å². The number of hydrogen-bond acceptors (Lipinski definition) is 4. The van der Waals surface area contributed by atoms with Gasteiger partial charge in [0.2, 0.25) is 0 Å². The monoisotopic (exact) mass is 449 g/mol. The molecule has 0 bridgehead atoms. The third-order valence-corrected chi connectivity index (χ3v) is 4.55. The number of halogens is 4. The number of anilines is 1. The first-order chi connectivity index (χ1) is 14.5. The summed E-state index contributed by atoms with van der Waals surface area (Å²) < 4.78 is 44.0. The average Bonchev–Trinajstić information content (AvgIpc) is 2.68. The van der Waals surface area contributed by atoms with Gasteiger partial charge in [-0.25, -0.2) is 9.78 Å². The number of alkyl halides is 3. The molecule has 0 spiro atoms.